The molecule has 1 aromatic heterocycles. The molecule has 3 N–H and O–H groups in total. The number of benzene rings is 2. The molecule has 0 amide bonds. The monoisotopic (exact) mass is 406 g/mol. The number of nitrogens with two attached hydrogens (primary N) is 1. The lowest BCUT2D eigenvalue weighted by Gasteiger charge is -2.34. The van der Waals surface area contributed by atoms with E-state index < -0.39 is 0 Å². The zero-order chi connectivity index (χ0) is 20.1. The third-order valence-corrected chi connectivity index (χ3v) is 6.28. The van der Waals surface area contributed by atoms with E-state index in [1.807, 2.05) is 35.6 Å². The Labute approximate surface area is 175 Å². The highest BCUT2D eigenvalue weighted by Crippen LogP contribution is 2.30. The minimum Gasteiger partial charge on any atom is -0.497 e. The minimum absolute atomic E-state index is 0.195. The van der Waals surface area contributed by atoms with Crippen LogP contribution in [0.4, 0.5) is 5.69 Å². The molecule has 0 fully saturated rings. The maximum atomic E-state index is 6.18. The first-order valence-corrected chi connectivity index (χ1v) is 10.7. The maximum Gasteiger partial charge on any atom is 0.193 e. The molecule has 3 aromatic rings. The lowest BCUT2D eigenvalue weighted by molar-refractivity contribution is 0.185. The van der Waals surface area contributed by atoms with Crippen LogP contribution in [0.5, 0.6) is 5.75 Å². The number of methoxy groups -OCH3 is 1. The molecule has 0 bridgehead atoms. The van der Waals surface area contributed by atoms with Gasteiger partial charge in [-0.2, -0.15) is 0 Å². The first-order chi connectivity index (χ1) is 14.2. The van der Waals surface area contributed by atoms with Crippen LogP contribution in [0.25, 0.3) is 0 Å². The molecule has 1 aliphatic rings. The summed E-state index contributed by atoms with van der Waals surface area (Å²) in [5.41, 5.74) is 9.79. The van der Waals surface area contributed by atoms with Crippen LogP contribution in [0.15, 0.2) is 71.0 Å². The van der Waals surface area contributed by atoms with Gasteiger partial charge in [0.1, 0.15) is 5.75 Å². The highest BCUT2D eigenvalue weighted by Gasteiger charge is 2.25. The smallest absolute Gasteiger partial charge is 0.193 e. The van der Waals surface area contributed by atoms with Crippen molar-refractivity contribution in [3.8, 4) is 5.75 Å². The number of hydrogen-bond acceptors (Lipinski definition) is 4. The zero-order valence-corrected chi connectivity index (χ0v) is 17.4. The van der Waals surface area contributed by atoms with Crippen molar-refractivity contribution in [3.05, 3.63) is 82.0 Å². The summed E-state index contributed by atoms with van der Waals surface area (Å²) < 4.78 is 5.19. The fourth-order valence-electron chi connectivity index (χ4n) is 3.69. The summed E-state index contributed by atoms with van der Waals surface area (Å²) in [6, 6.07) is 20.7. The van der Waals surface area contributed by atoms with Crippen molar-refractivity contribution in [2.24, 2.45) is 10.7 Å². The Bertz CT molecular complexity index is 953. The van der Waals surface area contributed by atoms with Crippen LogP contribution in [0.1, 0.15) is 22.0 Å². The van der Waals surface area contributed by atoms with Gasteiger partial charge in [-0.05, 0) is 53.3 Å². The molecule has 5 nitrogen and oxygen atoms in total. The van der Waals surface area contributed by atoms with Gasteiger partial charge in [-0.15, -0.1) is 11.3 Å². The second-order valence-electron chi connectivity index (χ2n) is 7.10. The predicted molar refractivity (Wildman–Crippen MR) is 121 cm³/mol. The van der Waals surface area contributed by atoms with Crippen molar-refractivity contribution < 1.29 is 4.74 Å². The van der Waals surface area contributed by atoms with Crippen LogP contribution in [0.3, 0.4) is 0 Å². The fraction of sp³-hybridized carbons (Fsp3) is 0.261. The van der Waals surface area contributed by atoms with E-state index in [-0.39, 0.29) is 6.04 Å². The molecule has 4 rings (SSSR count). The number of fused-ring (bicyclic) bond motifs is 1. The Morgan fingerprint density at radius 2 is 1.97 bits per heavy atom. The molecule has 0 radical (unpaired) electrons. The van der Waals surface area contributed by atoms with Gasteiger partial charge in [0.25, 0.3) is 0 Å². The Hall–Kier alpha value is -2.83. The number of thiophene rings is 1. The molecule has 150 valence electrons. The number of nitrogens with zero attached hydrogens (tertiary/aromatic N) is 2. The summed E-state index contributed by atoms with van der Waals surface area (Å²) in [7, 11) is 1.65. The van der Waals surface area contributed by atoms with Crippen molar-refractivity contribution in [2.75, 3.05) is 25.5 Å². The normalized spacial score (nSPS) is 15.6. The summed E-state index contributed by atoms with van der Waals surface area (Å²) in [6.07, 6.45) is 1.10. The van der Waals surface area contributed by atoms with Crippen molar-refractivity contribution in [1.29, 1.82) is 0 Å². The summed E-state index contributed by atoms with van der Waals surface area (Å²) in [5.74, 6) is 1.23. The van der Waals surface area contributed by atoms with Crippen LogP contribution in [-0.2, 0) is 13.0 Å². The molecule has 0 saturated carbocycles. The van der Waals surface area contributed by atoms with Gasteiger partial charge in [-0.3, -0.25) is 9.89 Å². The van der Waals surface area contributed by atoms with E-state index in [1.165, 1.54) is 16.0 Å². The quantitative estimate of drug-likeness (QED) is 0.474. The Morgan fingerprint density at radius 1 is 1.17 bits per heavy atom. The fourth-order valence-corrected chi connectivity index (χ4v) is 4.58. The van der Waals surface area contributed by atoms with Crippen LogP contribution < -0.4 is 15.8 Å². The van der Waals surface area contributed by atoms with E-state index in [4.69, 9.17) is 10.5 Å². The predicted octanol–water partition coefficient (Wildman–Crippen LogP) is 4.28. The molecule has 1 unspecified atom stereocenters. The van der Waals surface area contributed by atoms with Crippen molar-refractivity contribution >= 4 is 23.0 Å². The molecular weight excluding hydrogens is 380 g/mol. The number of nitrogens with one attached hydrogen (secondary N) is 1. The third-order valence-electron chi connectivity index (χ3n) is 5.26. The molecule has 29 heavy (non-hydrogen) atoms. The van der Waals surface area contributed by atoms with Gasteiger partial charge in [0.05, 0.1) is 19.7 Å². The van der Waals surface area contributed by atoms with Gasteiger partial charge >= 0.3 is 0 Å². The zero-order valence-electron chi connectivity index (χ0n) is 16.5. The molecule has 2 aromatic carbocycles. The first kappa shape index (κ1) is 19.5. The van der Waals surface area contributed by atoms with Crippen molar-refractivity contribution in [3.63, 3.8) is 0 Å². The molecule has 6 heteroatoms. The summed E-state index contributed by atoms with van der Waals surface area (Å²) in [4.78, 5) is 8.69. The largest absolute Gasteiger partial charge is 0.497 e. The Kier molecular flexibility index (Phi) is 6.12. The molecule has 1 atom stereocenters. The average molecular weight is 407 g/mol. The van der Waals surface area contributed by atoms with E-state index in [9.17, 15) is 0 Å². The Morgan fingerprint density at radius 3 is 2.72 bits per heavy atom. The van der Waals surface area contributed by atoms with E-state index in [2.05, 4.69) is 57.0 Å². The maximum absolute atomic E-state index is 6.18. The standard InChI is InChI=1S/C23H26N4OS/c1-28-20-9-7-19(8-10-20)26-23(24)25-15-21(17-5-3-2-4-6-17)27-13-11-22-18(16-27)12-14-29-22/h2-10,12,14,21H,11,13,15-16H2,1H3,(H3,24,25,26). The minimum atomic E-state index is 0.195. The van der Waals surface area contributed by atoms with E-state index >= 15 is 0 Å². The van der Waals surface area contributed by atoms with Gasteiger partial charge < -0.3 is 15.8 Å². The molecular formula is C23H26N4OS. The van der Waals surface area contributed by atoms with Gasteiger partial charge in [-0.25, -0.2) is 0 Å². The number of rotatable bonds is 6. The van der Waals surface area contributed by atoms with Gasteiger partial charge in [-0.1, -0.05) is 30.3 Å². The van der Waals surface area contributed by atoms with Gasteiger partial charge in [0, 0.05) is 23.7 Å². The number of anilines is 1. The SMILES string of the molecule is COc1ccc(NC(N)=NCC(c2ccccc2)N2CCc3sccc3C2)cc1. The second kappa shape index (κ2) is 9.11. The number of hydrogen-bond donors (Lipinski definition) is 2. The summed E-state index contributed by atoms with van der Waals surface area (Å²) in [6.45, 7) is 2.60. The lowest BCUT2D eigenvalue weighted by Crippen LogP contribution is -2.35. The number of ether oxygens (including phenoxy) is 1. The second-order valence-corrected chi connectivity index (χ2v) is 8.10. The number of aliphatic imine (C=N–C) groups is 1. The van der Waals surface area contributed by atoms with Crippen molar-refractivity contribution in [1.82, 2.24) is 4.90 Å². The molecule has 1 aliphatic heterocycles. The highest BCUT2D eigenvalue weighted by atomic mass is 32.1. The van der Waals surface area contributed by atoms with Crippen LogP contribution in [0.2, 0.25) is 0 Å². The highest BCUT2D eigenvalue weighted by molar-refractivity contribution is 7.10. The van der Waals surface area contributed by atoms with Crippen LogP contribution >= 0.6 is 11.3 Å². The lowest BCUT2D eigenvalue weighted by atomic mass is 10.0. The van der Waals surface area contributed by atoms with Crippen LogP contribution in [-0.4, -0.2) is 31.1 Å². The third kappa shape index (κ3) is 4.78. The van der Waals surface area contributed by atoms with Gasteiger partial charge in [0.15, 0.2) is 5.96 Å². The topological polar surface area (TPSA) is 62.9 Å². The number of guanidine groups is 1. The van der Waals surface area contributed by atoms with Crippen LogP contribution in [0, 0.1) is 0 Å². The van der Waals surface area contributed by atoms with Gasteiger partial charge in [0.2, 0.25) is 0 Å². The first-order valence-electron chi connectivity index (χ1n) is 9.78. The van der Waals surface area contributed by atoms with Crippen molar-refractivity contribution in [2.45, 2.75) is 19.0 Å². The summed E-state index contributed by atoms with van der Waals surface area (Å²) >= 11 is 1.86. The van der Waals surface area contributed by atoms with E-state index in [1.54, 1.807) is 7.11 Å². The molecule has 0 saturated heterocycles. The average Bonchev–Trinajstić information content (AvgIpc) is 3.23. The van der Waals surface area contributed by atoms with E-state index in [0.29, 0.717) is 12.5 Å². The molecule has 2 heterocycles. The molecule has 0 spiro atoms. The molecule has 0 aliphatic carbocycles. The Balaban J connectivity index is 1.48. The summed E-state index contributed by atoms with van der Waals surface area (Å²) in [5, 5.41) is 5.36. The van der Waals surface area contributed by atoms with E-state index in [0.717, 1.165) is 30.9 Å².